The standard InChI is InChI=1S/C38H42N6O8/c1-49-34(46)22-52-27-13-14-30-28(19-27)29(20-41-30)35(38(48)50-2)43-37(47)24-10-15-32-31(18-24)42-36(44(32)25-6-4-3-5-7-25)23-8-11-26(12-9-23)51-21-33(45)40-17-16-39/h8-15,18-20,25,35,41H,3-7,16-17,21-22,39H2,1-2H3,(H,40,45)(H,43,47)/p+1. The summed E-state index contributed by atoms with van der Waals surface area (Å²) in [7, 11) is 2.53. The van der Waals surface area contributed by atoms with E-state index >= 15 is 0 Å². The highest BCUT2D eigenvalue weighted by atomic mass is 16.6. The molecule has 1 aliphatic rings. The molecule has 2 aromatic heterocycles. The van der Waals surface area contributed by atoms with Crippen LogP contribution in [0, 0.1) is 0 Å². The first-order valence-electron chi connectivity index (χ1n) is 17.3. The molecule has 5 aromatic rings. The maximum absolute atomic E-state index is 13.8. The number of methoxy groups -OCH3 is 2. The highest BCUT2D eigenvalue weighted by Crippen LogP contribution is 2.37. The highest BCUT2D eigenvalue weighted by molar-refractivity contribution is 6.01. The van der Waals surface area contributed by atoms with Gasteiger partial charge in [0.25, 0.3) is 11.8 Å². The van der Waals surface area contributed by atoms with Crippen LogP contribution in [0.2, 0.25) is 0 Å². The topological polar surface area (TPSA) is 191 Å². The zero-order chi connectivity index (χ0) is 36.6. The number of nitrogens with one attached hydrogen (secondary N) is 3. The van der Waals surface area contributed by atoms with Crippen LogP contribution in [-0.4, -0.2) is 78.8 Å². The molecule has 52 heavy (non-hydrogen) atoms. The van der Waals surface area contributed by atoms with Crippen LogP contribution in [-0.2, 0) is 23.9 Å². The molecule has 0 bridgehead atoms. The second kappa shape index (κ2) is 16.4. The van der Waals surface area contributed by atoms with Crippen LogP contribution >= 0.6 is 0 Å². The number of fused-ring (bicyclic) bond motifs is 2. The van der Waals surface area contributed by atoms with Gasteiger partial charge in [0.1, 0.15) is 17.3 Å². The van der Waals surface area contributed by atoms with Crippen molar-refractivity contribution in [3.8, 4) is 22.9 Å². The molecule has 3 aromatic carbocycles. The Balaban J connectivity index is 1.27. The minimum atomic E-state index is -1.15. The first-order valence-corrected chi connectivity index (χ1v) is 17.3. The molecule has 0 saturated heterocycles. The predicted molar refractivity (Wildman–Crippen MR) is 192 cm³/mol. The van der Waals surface area contributed by atoms with E-state index in [0.717, 1.165) is 42.6 Å². The van der Waals surface area contributed by atoms with Crippen LogP contribution < -0.4 is 25.8 Å². The van der Waals surface area contributed by atoms with E-state index < -0.39 is 23.9 Å². The van der Waals surface area contributed by atoms with Crippen molar-refractivity contribution in [3.63, 3.8) is 0 Å². The number of carbonyl (C=O) groups excluding carboxylic acids is 4. The van der Waals surface area contributed by atoms with E-state index in [0.29, 0.717) is 52.1 Å². The van der Waals surface area contributed by atoms with Crippen LogP contribution in [0.15, 0.2) is 66.9 Å². The summed E-state index contributed by atoms with van der Waals surface area (Å²) in [6, 6.07) is 17.1. The summed E-state index contributed by atoms with van der Waals surface area (Å²) in [6.07, 6.45) is 7.10. The number of nitrogens with zero attached hydrogens (tertiary/aromatic N) is 2. The quantitative estimate of drug-likeness (QED) is 0.125. The zero-order valence-corrected chi connectivity index (χ0v) is 29.2. The highest BCUT2D eigenvalue weighted by Gasteiger charge is 2.28. The summed E-state index contributed by atoms with van der Waals surface area (Å²) in [5, 5.41) is 6.20. The lowest BCUT2D eigenvalue weighted by atomic mass is 9.94. The summed E-state index contributed by atoms with van der Waals surface area (Å²) in [5.74, 6) is -0.164. The monoisotopic (exact) mass is 711 g/mol. The van der Waals surface area contributed by atoms with Crippen LogP contribution in [0.25, 0.3) is 33.3 Å². The molecule has 1 unspecified atom stereocenters. The minimum Gasteiger partial charge on any atom is -0.484 e. The van der Waals surface area contributed by atoms with Crippen LogP contribution in [0.3, 0.4) is 0 Å². The van der Waals surface area contributed by atoms with Crippen LogP contribution in [0.4, 0.5) is 0 Å². The number of amides is 2. The molecular weight excluding hydrogens is 668 g/mol. The Morgan fingerprint density at radius 1 is 0.923 bits per heavy atom. The summed E-state index contributed by atoms with van der Waals surface area (Å²) in [4.78, 5) is 58.7. The first kappa shape index (κ1) is 35.9. The van der Waals surface area contributed by atoms with Gasteiger partial charge in [-0.2, -0.15) is 0 Å². The third-order valence-corrected chi connectivity index (χ3v) is 9.17. The normalized spacial score (nSPS) is 13.8. The average molecular weight is 712 g/mol. The summed E-state index contributed by atoms with van der Waals surface area (Å²) < 4.78 is 23.2. The molecule has 1 atom stereocenters. The number of aromatic amines is 1. The number of benzene rings is 3. The van der Waals surface area contributed by atoms with E-state index in [2.05, 4.69) is 30.7 Å². The van der Waals surface area contributed by atoms with E-state index in [1.165, 1.54) is 20.6 Å². The van der Waals surface area contributed by atoms with Crippen molar-refractivity contribution in [1.29, 1.82) is 0 Å². The van der Waals surface area contributed by atoms with Gasteiger partial charge in [-0.25, -0.2) is 14.6 Å². The number of H-pyrrole nitrogens is 1. The van der Waals surface area contributed by atoms with Crippen molar-refractivity contribution in [2.24, 2.45) is 0 Å². The lowest BCUT2D eigenvalue weighted by Crippen LogP contribution is -2.55. The molecule has 2 heterocycles. The SMILES string of the molecule is COC(=O)COc1ccc2[nH]cc(C(NC(=O)c3ccc4c(c3)nc(-c3ccc(OCC(=O)NCC[NH3+])cc3)n4C3CCCCC3)C(=O)OC)c2c1. The van der Waals surface area contributed by atoms with Gasteiger partial charge in [0.15, 0.2) is 19.3 Å². The Morgan fingerprint density at radius 3 is 2.40 bits per heavy atom. The molecule has 6 N–H and O–H groups in total. The minimum absolute atomic E-state index is 0.0889. The molecule has 1 fully saturated rings. The number of imidazole rings is 1. The number of carbonyl (C=O) groups is 4. The number of aromatic nitrogens is 3. The first-order chi connectivity index (χ1) is 25.3. The molecule has 272 valence electrons. The van der Waals surface area contributed by atoms with Crippen LogP contribution in [0.1, 0.15) is 60.1 Å². The number of rotatable bonds is 14. The van der Waals surface area contributed by atoms with E-state index in [-0.39, 0.29) is 25.2 Å². The molecule has 1 saturated carbocycles. The second-order valence-electron chi connectivity index (χ2n) is 12.6. The maximum atomic E-state index is 13.8. The van der Waals surface area contributed by atoms with Crippen molar-refractivity contribution < 1.29 is 43.9 Å². The number of quaternary nitrogens is 1. The van der Waals surface area contributed by atoms with Gasteiger partial charge in [0.05, 0.1) is 38.3 Å². The van der Waals surface area contributed by atoms with Gasteiger partial charge in [-0.05, 0) is 73.5 Å². The van der Waals surface area contributed by atoms with E-state index in [4.69, 9.17) is 19.2 Å². The Bertz CT molecular complexity index is 2070. The number of hydrogen-bond donors (Lipinski definition) is 4. The van der Waals surface area contributed by atoms with Crippen molar-refractivity contribution >= 4 is 45.7 Å². The lowest BCUT2D eigenvalue weighted by Gasteiger charge is -2.25. The molecule has 0 radical (unpaired) electrons. The summed E-state index contributed by atoms with van der Waals surface area (Å²) in [6.45, 7) is 0.729. The lowest BCUT2D eigenvalue weighted by molar-refractivity contribution is -0.364. The number of esters is 2. The smallest absolute Gasteiger partial charge is 0.343 e. The number of hydrogen-bond acceptors (Lipinski definition) is 9. The van der Waals surface area contributed by atoms with Gasteiger partial charge in [0.2, 0.25) is 0 Å². The fourth-order valence-corrected chi connectivity index (χ4v) is 6.53. The molecule has 6 rings (SSSR count). The van der Waals surface area contributed by atoms with Gasteiger partial charge in [-0.15, -0.1) is 0 Å². The molecule has 2 amide bonds. The third kappa shape index (κ3) is 8.02. The molecule has 0 aliphatic heterocycles. The fraction of sp³-hybridized carbons (Fsp3) is 0.342. The molecule has 14 heteroatoms. The molecular formula is C38H43N6O8+. The van der Waals surface area contributed by atoms with Crippen molar-refractivity contribution in [2.75, 3.05) is 40.5 Å². The zero-order valence-electron chi connectivity index (χ0n) is 29.2. The Labute approximate surface area is 299 Å². The van der Waals surface area contributed by atoms with Crippen molar-refractivity contribution in [1.82, 2.24) is 25.2 Å². The van der Waals surface area contributed by atoms with Crippen molar-refractivity contribution in [2.45, 2.75) is 44.2 Å². The van der Waals surface area contributed by atoms with Crippen molar-refractivity contribution in [3.05, 3.63) is 78.0 Å². The Kier molecular flexibility index (Phi) is 11.3. The van der Waals surface area contributed by atoms with Crippen LogP contribution in [0.5, 0.6) is 11.5 Å². The van der Waals surface area contributed by atoms with E-state index in [1.54, 1.807) is 36.5 Å². The Hall–Kier alpha value is -5.89. The van der Waals surface area contributed by atoms with Gasteiger partial charge in [-0.1, -0.05) is 19.3 Å². The Morgan fingerprint density at radius 2 is 1.67 bits per heavy atom. The second-order valence-corrected chi connectivity index (χ2v) is 12.6. The maximum Gasteiger partial charge on any atom is 0.343 e. The van der Waals surface area contributed by atoms with Gasteiger partial charge >= 0.3 is 11.9 Å². The van der Waals surface area contributed by atoms with Gasteiger partial charge in [-0.3, -0.25) is 9.59 Å². The number of ether oxygens (including phenoxy) is 4. The van der Waals surface area contributed by atoms with Gasteiger partial charge < -0.3 is 44.9 Å². The average Bonchev–Trinajstić information content (AvgIpc) is 3.78. The van der Waals surface area contributed by atoms with Gasteiger partial charge in [0, 0.05) is 39.8 Å². The van der Waals surface area contributed by atoms with E-state index in [1.807, 2.05) is 30.3 Å². The van der Waals surface area contributed by atoms with E-state index in [9.17, 15) is 19.2 Å². The summed E-state index contributed by atoms with van der Waals surface area (Å²) in [5.41, 5.74) is 7.63. The fourth-order valence-electron chi connectivity index (χ4n) is 6.53. The summed E-state index contributed by atoms with van der Waals surface area (Å²) >= 11 is 0. The predicted octanol–water partition coefficient (Wildman–Crippen LogP) is 3.62. The third-order valence-electron chi connectivity index (χ3n) is 9.17. The molecule has 1 aliphatic carbocycles. The largest absolute Gasteiger partial charge is 0.484 e. The molecule has 0 spiro atoms. The molecule has 14 nitrogen and oxygen atoms in total.